The molecular weight excluding hydrogens is 355 g/mol. The zero-order valence-electron chi connectivity index (χ0n) is 15.2. The van der Waals surface area contributed by atoms with Gasteiger partial charge in [-0.15, -0.1) is 0 Å². The number of hydrogen-bond donors (Lipinski definition) is 2. The van der Waals surface area contributed by atoms with Crippen LogP contribution in [0.15, 0.2) is 30.3 Å². The van der Waals surface area contributed by atoms with Crippen molar-refractivity contribution in [2.24, 2.45) is 0 Å². The van der Waals surface area contributed by atoms with E-state index in [0.29, 0.717) is 10.0 Å². The predicted molar refractivity (Wildman–Crippen MR) is 107 cm³/mol. The molecule has 0 saturated heterocycles. The summed E-state index contributed by atoms with van der Waals surface area (Å²) in [6.45, 7) is 9.87. The van der Waals surface area contributed by atoms with Crippen LogP contribution in [-0.2, 0) is 4.79 Å². The van der Waals surface area contributed by atoms with Gasteiger partial charge in [0.15, 0.2) is 0 Å². The number of benzene rings is 2. The van der Waals surface area contributed by atoms with E-state index in [9.17, 15) is 4.79 Å². The van der Waals surface area contributed by atoms with E-state index in [0.717, 1.165) is 22.4 Å². The van der Waals surface area contributed by atoms with Crippen LogP contribution in [-0.4, -0.2) is 11.9 Å². The first-order valence-corrected chi connectivity index (χ1v) is 9.04. The molecule has 0 spiro atoms. The van der Waals surface area contributed by atoms with Gasteiger partial charge in [0.05, 0.1) is 6.04 Å². The maximum atomic E-state index is 12.6. The highest BCUT2D eigenvalue weighted by molar-refractivity contribution is 6.35. The SMILES string of the molecule is Cc1cc(C)c(NC(=O)[C@H](C)N[C@H](C)c2ccc(Cl)cc2Cl)c(C)c1. The molecule has 1 amide bonds. The number of nitrogens with one attached hydrogen (secondary N) is 2. The average Bonchev–Trinajstić information content (AvgIpc) is 2.50. The molecule has 0 aliphatic carbocycles. The van der Waals surface area contributed by atoms with Gasteiger partial charge in [-0.1, -0.05) is 47.0 Å². The lowest BCUT2D eigenvalue weighted by atomic mass is 10.0. The smallest absolute Gasteiger partial charge is 0.241 e. The quantitative estimate of drug-likeness (QED) is 0.710. The van der Waals surface area contributed by atoms with Gasteiger partial charge in [0.2, 0.25) is 5.91 Å². The summed E-state index contributed by atoms with van der Waals surface area (Å²) >= 11 is 12.2. The molecule has 2 rings (SSSR count). The Balaban J connectivity index is 2.08. The third kappa shape index (κ3) is 4.97. The summed E-state index contributed by atoms with van der Waals surface area (Å²) in [7, 11) is 0. The molecule has 0 aliphatic heterocycles. The molecule has 25 heavy (non-hydrogen) atoms. The van der Waals surface area contributed by atoms with Gasteiger partial charge in [0.1, 0.15) is 0 Å². The molecule has 0 fully saturated rings. The van der Waals surface area contributed by atoms with Crippen molar-refractivity contribution in [3.05, 3.63) is 62.6 Å². The second-order valence-corrected chi connectivity index (χ2v) is 7.38. The molecule has 0 radical (unpaired) electrons. The first kappa shape index (κ1) is 19.8. The summed E-state index contributed by atoms with van der Waals surface area (Å²) in [6, 6.07) is 9.06. The Kier molecular flexibility index (Phi) is 6.50. The molecule has 0 aliphatic rings. The maximum Gasteiger partial charge on any atom is 0.241 e. The zero-order valence-corrected chi connectivity index (χ0v) is 16.7. The highest BCUT2D eigenvalue weighted by Crippen LogP contribution is 2.27. The Hall–Kier alpha value is -1.55. The number of amides is 1. The lowest BCUT2D eigenvalue weighted by Crippen LogP contribution is -2.39. The lowest BCUT2D eigenvalue weighted by molar-refractivity contribution is -0.117. The summed E-state index contributed by atoms with van der Waals surface area (Å²) in [6.07, 6.45) is 0. The monoisotopic (exact) mass is 378 g/mol. The van der Waals surface area contributed by atoms with E-state index in [1.54, 1.807) is 12.1 Å². The molecule has 0 unspecified atom stereocenters. The van der Waals surface area contributed by atoms with Crippen molar-refractivity contribution in [2.75, 3.05) is 5.32 Å². The molecule has 2 aromatic rings. The molecule has 5 heteroatoms. The summed E-state index contributed by atoms with van der Waals surface area (Å²) in [5.74, 6) is -0.0769. The number of aryl methyl sites for hydroxylation is 3. The Morgan fingerprint density at radius 1 is 1.00 bits per heavy atom. The van der Waals surface area contributed by atoms with Crippen molar-refractivity contribution in [1.29, 1.82) is 0 Å². The summed E-state index contributed by atoms with van der Waals surface area (Å²) in [5, 5.41) is 7.50. The zero-order chi connectivity index (χ0) is 18.7. The Morgan fingerprint density at radius 2 is 1.60 bits per heavy atom. The van der Waals surface area contributed by atoms with Crippen LogP contribution >= 0.6 is 23.2 Å². The van der Waals surface area contributed by atoms with Crippen molar-refractivity contribution in [3.63, 3.8) is 0 Å². The van der Waals surface area contributed by atoms with Gasteiger partial charge in [-0.05, 0) is 63.4 Å². The minimum absolute atomic E-state index is 0.0769. The van der Waals surface area contributed by atoms with Crippen LogP contribution in [0.3, 0.4) is 0 Å². The van der Waals surface area contributed by atoms with Crippen molar-refractivity contribution < 1.29 is 4.79 Å². The lowest BCUT2D eigenvalue weighted by Gasteiger charge is -2.22. The van der Waals surface area contributed by atoms with Crippen LogP contribution in [0.4, 0.5) is 5.69 Å². The van der Waals surface area contributed by atoms with Crippen LogP contribution in [0.2, 0.25) is 10.0 Å². The normalized spacial score (nSPS) is 13.4. The average molecular weight is 379 g/mol. The predicted octanol–water partition coefficient (Wildman–Crippen LogP) is 5.60. The van der Waals surface area contributed by atoms with Gasteiger partial charge >= 0.3 is 0 Å². The third-order valence-electron chi connectivity index (χ3n) is 4.25. The number of carbonyl (C=O) groups excluding carboxylic acids is 1. The second-order valence-electron chi connectivity index (χ2n) is 6.54. The topological polar surface area (TPSA) is 41.1 Å². The van der Waals surface area contributed by atoms with Crippen LogP contribution in [0.5, 0.6) is 0 Å². The first-order chi connectivity index (χ1) is 11.7. The van der Waals surface area contributed by atoms with E-state index in [4.69, 9.17) is 23.2 Å². The van der Waals surface area contributed by atoms with Crippen LogP contribution in [0.25, 0.3) is 0 Å². The number of rotatable bonds is 5. The Morgan fingerprint density at radius 3 is 2.16 bits per heavy atom. The first-order valence-electron chi connectivity index (χ1n) is 8.28. The highest BCUT2D eigenvalue weighted by Gasteiger charge is 2.19. The fourth-order valence-electron chi connectivity index (χ4n) is 3.00. The number of carbonyl (C=O) groups is 1. The highest BCUT2D eigenvalue weighted by atomic mass is 35.5. The van der Waals surface area contributed by atoms with Crippen LogP contribution in [0, 0.1) is 20.8 Å². The number of anilines is 1. The maximum absolute atomic E-state index is 12.6. The summed E-state index contributed by atoms with van der Waals surface area (Å²) < 4.78 is 0. The standard InChI is InChI=1S/C20H24Cl2N2O/c1-11-8-12(2)19(13(3)9-11)24-20(25)15(5)23-14(4)17-7-6-16(21)10-18(17)22/h6-10,14-15,23H,1-5H3,(H,24,25)/t14-,15+/m1/s1. The van der Waals surface area contributed by atoms with Crippen molar-refractivity contribution in [3.8, 4) is 0 Å². The molecular formula is C20H24Cl2N2O. The third-order valence-corrected chi connectivity index (χ3v) is 4.81. The van der Waals surface area contributed by atoms with Gasteiger partial charge in [-0.3, -0.25) is 10.1 Å². The minimum Gasteiger partial charge on any atom is -0.324 e. The minimum atomic E-state index is -0.373. The molecule has 2 atom stereocenters. The second kappa shape index (κ2) is 8.22. The molecule has 2 aromatic carbocycles. The molecule has 2 N–H and O–H groups in total. The summed E-state index contributed by atoms with van der Waals surface area (Å²) in [5.41, 5.74) is 5.10. The van der Waals surface area contributed by atoms with E-state index < -0.39 is 0 Å². The number of hydrogen-bond acceptors (Lipinski definition) is 2. The Bertz CT molecular complexity index is 766. The fourth-order valence-corrected chi connectivity index (χ4v) is 3.57. The van der Waals surface area contributed by atoms with Crippen LogP contribution < -0.4 is 10.6 Å². The molecule has 0 bridgehead atoms. The molecule has 0 aromatic heterocycles. The molecule has 0 heterocycles. The number of halogens is 2. The summed E-state index contributed by atoms with van der Waals surface area (Å²) in [4.78, 5) is 12.6. The van der Waals surface area contributed by atoms with Gasteiger partial charge in [0, 0.05) is 21.8 Å². The van der Waals surface area contributed by atoms with E-state index in [2.05, 4.69) is 22.8 Å². The van der Waals surface area contributed by atoms with E-state index in [1.807, 2.05) is 40.7 Å². The molecule has 134 valence electrons. The van der Waals surface area contributed by atoms with E-state index in [1.165, 1.54) is 5.56 Å². The van der Waals surface area contributed by atoms with Crippen LogP contribution in [0.1, 0.15) is 42.1 Å². The van der Waals surface area contributed by atoms with Gasteiger partial charge in [-0.2, -0.15) is 0 Å². The van der Waals surface area contributed by atoms with Crippen molar-refractivity contribution >= 4 is 34.8 Å². The van der Waals surface area contributed by atoms with Gasteiger partial charge in [-0.25, -0.2) is 0 Å². The van der Waals surface area contributed by atoms with Gasteiger partial charge in [0.25, 0.3) is 0 Å². The van der Waals surface area contributed by atoms with Crippen molar-refractivity contribution in [1.82, 2.24) is 5.32 Å². The van der Waals surface area contributed by atoms with Gasteiger partial charge < -0.3 is 5.32 Å². The molecule has 3 nitrogen and oxygen atoms in total. The fraction of sp³-hybridized carbons (Fsp3) is 0.350. The largest absolute Gasteiger partial charge is 0.324 e. The molecule has 0 saturated carbocycles. The Labute approximate surface area is 159 Å². The van der Waals surface area contributed by atoms with E-state index in [-0.39, 0.29) is 18.0 Å². The van der Waals surface area contributed by atoms with Crippen molar-refractivity contribution in [2.45, 2.75) is 46.7 Å². The van der Waals surface area contributed by atoms with E-state index >= 15 is 0 Å².